The number of ether oxygens (including phenoxy) is 3. The van der Waals surface area contributed by atoms with Crippen LogP contribution in [0.25, 0.3) is 0 Å². The maximum absolute atomic E-state index is 13.9. The minimum atomic E-state index is -0.863. The van der Waals surface area contributed by atoms with Gasteiger partial charge in [0.1, 0.15) is 23.6 Å². The third-order valence-electron chi connectivity index (χ3n) is 6.86. The summed E-state index contributed by atoms with van der Waals surface area (Å²) >= 11 is 0. The van der Waals surface area contributed by atoms with Crippen molar-refractivity contribution in [2.45, 2.75) is 18.3 Å². The van der Waals surface area contributed by atoms with E-state index in [4.69, 9.17) is 14.2 Å². The number of carbonyl (C=O) groups is 1. The van der Waals surface area contributed by atoms with Crippen LogP contribution in [0.1, 0.15) is 23.1 Å². The number of fused-ring (bicyclic) bond motifs is 5. The van der Waals surface area contributed by atoms with Crippen LogP contribution >= 0.6 is 0 Å². The third kappa shape index (κ3) is 3.30. The molecule has 3 aliphatic heterocycles. The smallest absolute Gasteiger partial charge is 0.245 e. The summed E-state index contributed by atoms with van der Waals surface area (Å²) < 4.78 is 30.4. The number of anilines is 1. The Kier molecular flexibility index (Phi) is 5.14. The molecular formula is C27H25FN2O4. The van der Waals surface area contributed by atoms with E-state index in [1.165, 1.54) is 6.07 Å². The molecule has 3 aromatic carbocycles. The number of benzene rings is 3. The standard InChI is InChI=1S/C27H25FN2O4/c28-19-6-3-5-18(13-19)9-11-29-10-4-12-30-22-8-2-1-7-20(22)27(26(30)31)16-32-23-15-25-24(14-21(23)27)33-17-34-25/h1-3,5-8,13-15,29H,4,9-12,16-17H2. The molecule has 1 unspecified atom stereocenters. The Morgan fingerprint density at radius 1 is 0.912 bits per heavy atom. The average Bonchev–Trinajstić information content (AvgIpc) is 3.52. The maximum Gasteiger partial charge on any atom is 0.245 e. The summed E-state index contributed by atoms with van der Waals surface area (Å²) in [5, 5.41) is 3.41. The molecule has 0 saturated heterocycles. The van der Waals surface area contributed by atoms with Crippen LogP contribution in [0.4, 0.5) is 10.1 Å². The van der Waals surface area contributed by atoms with Crippen molar-refractivity contribution in [3.05, 3.63) is 83.2 Å². The van der Waals surface area contributed by atoms with Crippen molar-refractivity contribution in [3.8, 4) is 17.2 Å². The SMILES string of the molecule is O=C1N(CCCNCCc2cccc(F)c2)c2ccccc2C12COc1cc3c(cc12)OCO3. The quantitative estimate of drug-likeness (QED) is 0.544. The van der Waals surface area contributed by atoms with Crippen LogP contribution < -0.4 is 24.4 Å². The van der Waals surface area contributed by atoms with Crippen molar-refractivity contribution in [2.75, 3.05) is 37.9 Å². The molecule has 0 saturated carbocycles. The van der Waals surface area contributed by atoms with E-state index < -0.39 is 5.41 Å². The van der Waals surface area contributed by atoms with E-state index in [0.29, 0.717) is 23.8 Å². The van der Waals surface area contributed by atoms with Gasteiger partial charge in [-0.25, -0.2) is 4.39 Å². The molecule has 1 spiro atoms. The fourth-order valence-corrected chi connectivity index (χ4v) is 5.20. The summed E-state index contributed by atoms with van der Waals surface area (Å²) in [6, 6.07) is 18.4. The van der Waals surface area contributed by atoms with Gasteiger partial charge in [0.15, 0.2) is 11.5 Å². The summed E-state index contributed by atoms with van der Waals surface area (Å²) in [6.07, 6.45) is 1.56. The molecule has 3 aromatic rings. The summed E-state index contributed by atoms with van der Waals surface area (Å²) in [5.41, 5.74) is 2.85. The van der Waals surface area contributed by atoms with Gasteiger partial charge in [-0.1, -0.05) is 30.3 Å². The second-order valence-corrected chi connectivity index (χ2v) is 8.85. The Hall–Kier alpha value is -3.58. The molecule has 34 heavy (non-hydrogen) atoms. The number of halogens is 1. The van der Waals surface area contributed by atoms with E-state index in [-0.39, 0.29) is 25.1 Å². The molecule has 0 fully saturated rings. The van der Waals surface area contributed by atoms with E-state index in [9.17, 15) is 9.18 Å². The first-order chi connectivity index (χ1) is 16.7. The molecule has 174 valence electrons. The Labute approximate surface area is 197 Å². The molecule has 1 N–H and O–H groups in total. The first kappa shape index (κ1) is 21.0. The lowest BCUT2D eigenvalue weighted by atomic mass is 9.77. The lowest BCUT2D eigenvalue weighted by Gasteiger charge is -2.23. The highest BCUT2D eigenvalue weighted by molar-refractivity contribution is 6.11. The van der Waals surface area contributed by atoms with E-state index in [0.717, 1.165) is 48.3 Å². The Bertz CT molecular complexity index is 1260. The highest BCUT2D eigenvalue weighted by atomic mass is 19.1. The van der Waals surface area contributed by atoms with Gasteiger partial charge < -0.3 is 24.4 Å². The van der Waals surface area contributed by atoms with Crippen molar-refractivity contribution >= 4 is 11.6 Å². The summed E-state index contributed by atoms with van der Waals surface area (Å²) in [5.74, 6) is 1.80. The molecule has 3 heterocycles. The predicted octanol–water partition coefficient (Wildman–Crippen LogP) is 3.80. The van der Waals surface area contributed by atoms with E-state index in [1.807, 2.05) is 47.4 Å². The number of nitrogens with one attached hydrogen (secondary N) is 1. The number of rotatable bonds is 7. The fraction of sp³-hybridized carbons (Fsp3) is 0.296. The predicted molar refractivity (Wildman–Crippen MR) is 125 cm³/mol. The van der Waals surface area contributed by atoms with Crippen molar-refractivity contribution in [3.63, 3.8) is 0 Å². The largest absolute Gasteiger partial charge is 0.491 e. The summed E-state index contributed by atoms with van der Waals surface area (Å²) in [7, 11) is 0. The molecular weight excluding hydrogens is 435 g/mol. The number of carbonyl (C=O) groups excluding carboxylic acids is 1. The topological polar surface area (TPSA) is 60.0 Å². The van der Waals surface area contributed by atoms with E-state index in [2.05, 4.69) is 5.32 Å². The first-order valence-electron chi connectivity index (χ1n) is 11.6. The number of para-hydroxylation sites is 1. The minimum Gasteiger partial charge on any atom is -0.491 e. The number of nitrogens with zero attached hydrogens (tertiary/aromatic N) is 1. The van der Waals surface area contributed by atoms with Crippen molar-refractivity contribution in [1.82, 2.24) is 5.32 Å². The average molecular weight is 461 g/mol. The third-order valence-corrected chi connectivity index (χ3v) is 6.86. The van der Waals surface area contributed by atoms with Crippen LogP contribution in [0.3, 0.4) is 0 Å². The Morgan fingerprint density at radius 2 is 1.76 bits per heavy atom. The normalized spacial score (nSPS) is 19.4. The van der Waals surface area contributed by atoms with Crippen molar-refractivity contribution in [1.29, 1.82) is 0 Å². The van der Waals surface area contributed by atoms with Gasteiger partial charge in [-0.15, -0.1) is 0 Å². The van der Waals surface area contributed by atoms with Crippen molar-refractivity contribution < 1.29 is 23.4 Å². The van der Waals surface area contributed by atoms with Crippen LogP contribution in [-0.2, 0) is 16.6 Å². The number of hydrogen-bond acceptors (Lipinski definition) is 5. The van der Waals surface area contributed by atoms with Crippen LogP contribution in [0.15, 0.2) is 60.7 Å². The molecule has 6 nitrogen and oxygen atoms in total. The summed E-state index contributed by atoms with van der Waals surface area (Å²) in [4.78, 5) is 15.8. The number of hydrogen-bond donors (Lipinski definition) is 1. The second kappa shape index (κ2) is 8.33. The lowest BCUT2D eigenvalue weighted by molar-refractivity contribution is -0.122. The van der Waals surface area contributed by atoms with Crippen molar-refractivity contribution in [2.24, 2.45) is 0 Å². The second-order valence-electron chi connectivity index (χ2n) is 8.85. The molecule has 1 amide bonds. The van der Waals surface area contributed by atoms with Gasteiger partial charge in [0, 0.05) is 23.9 Å². The van der Waals surface area contributed by atoms with Gasteiger partial charge in [0.2, 0.25) is 12.7 Å². The molecule has 0 aromatic heterocycles. The van der Waals surface area contributed by atoms with Gasteiger partial charge in [0.25, 0.3) is 0 Å². The van der Waals surface area contributed by atoms with E-state index in [1.54, 1.807) is 12.1 Å². The van der Waals surface area contributed by atoms with Crippen LogP contribution in [-0.4, -0.2) is 38.9 Å². The van der Waals surface area contributed by atoms with Crippen LogP contribution in [0.5, 0.6) is 17.2 Å². The molecule has 0 aliphatic carbocycles. The van der Waals surface area contributed by atoms with Crippen LogP contribution in [0.2, 0.25) is 0 Å². The monoisotopic (exact) mass is 460 g/mol. The molecule has 3 aliphatic rings. The van der Waals surface area contributed by atoms with Gasteiger partial charge in [-0.05, 0) is 61.3 Å². The van der Waals surface area contributed by atoms with Gasteiger partial charge in [0.05, 0.1) is 0 Å². The zero-order chi connectivity index (χ0) is 23.1. The van der Waals surface area contributed by atoms with Crippen LogP contribution in [0, 0.1) is 5.82 Å². The van der Waals surface area contributed by atoms with Gasteiger partial charge >= 0.3 is 0 Å². The molecule has 1 atom stereocenters. The highest BCUT2D eigenvalue weighted by Crippen LogP contribution is 2.54. The molecule has 0 bridgehead atoms. The Balaban J connectivity index is 1.16. The highest BCUT2D eigenvalue weighted by Gasteiger charge is 2.57. The zero-order valence-corrected chi connectivity index (χ0v) is 18.7. The zero-order valence-electron chi connectivity index (χ0n) is 18.7. The Morgan fingerprint density at radius 3 is 2.65 bits per heavy atom. The maximum atomic E-state index is 13.9. The fourth-order valence-electron chi connectivity index (χ4n) is 5.20. The molecule has 0 radical (unpaired) electrons. The minimum absolute atomic E-state index is 0.0334. The summed E-state index contributed by atoms with van der Waals surface area (Å²) in [6.45, 7) is 2.56. The van der Waals surface area contributed by atoms with Gasteiger partial charge in [-0.2, -0.15) is 0 Å². The number of amides is 1. The molecule has 7 heteroatoms. The van der Waals surface area contributed by atoms with E-state index >= 15 is 0 Å². The first-order valence-corrected chi connectivity index (χ1v) is 11.6. The lowest BCUT2D eigenvalue weighted by Crippen LogP contribution is -2.43. The van der Waals surface area contributed by atoms with Gasteiger partial charge in [-0.3, -0.25) is 4.79 Å². The molecule has 6 rings (SSSR count).